The van der Waals surface area contributed by atoms with E-state index in [1.165, 1.54) is 29.9 Å². The molecule has 0 saturated carbocycles. The first-order valence-electron chi connectivity index (χ1n) is 9.62. The zero-order valence-corrected chi connectivity index (χ0v) is 16.2. The van der Waals surface area contributed by atoms with Crippen LogP contribution in [0.25, 0.3) is 0 Å². The van der Waals surface area contributed by atoms with Gasteiger partial charge in [0, 0.05) is 38.4 Å². The molecule has 5 heteroatoms. The number of nitrogens with one attached hydrogen (secondary N) is 1. The highest BCUT2D eigenvalue weighted by Gasteiger charge is 2.18. The van der Waals surface area contributed by atoms with Crippen LogP contribution in [0.4, 0.5) is 0 Å². The van der Waals surface area contributed by atoms with Gasteiger partial charge in [0.05, 0.1) is 0 Å². The monoisotopic (exact) mass is 364 g/mol. The van der Waals surface area contributed by atoms with Crippen molar-refractivity contribution in [3.8, 4) is 5.75 Å². The highest BCUT2D eigenvalue weighted by Crippen LogP contribution is 2.19. The van der Waals surface area contributed by atoms with E-state index in [0.29, 0.717) is 12.1 Å². The molecular weight excluding hydrogens is 332 g/mol. The van der Waals surface area contributed by atoms with Crippen molar-refractivity contribution in [1.82, 2.24) is 10.2 Å². The van der Waals surface area contributed by atoms with E-state index >= 15 is 0 Å². The number of hydrogen-bond acceptors (Lipinski definition) is 5. The van der Waals surface area contributed by atoms with Gasteiger partial charge in [-0.25, -0.2) is 0 Å². The lowest BCUT2D eigenvalue weighted by atomic mass is 10.1. The Morgan fingerprint density at radius 2 is 2.00 bits per heavy atom. The first-order valence-corrected chi connectivity index (χ1v) is 10.8. The molecule has 0 aromatic heterocycles. The molecule has 140 valence electrons. The maximum absolute atomic E-state index is 6.00. The minimum absolute atomic E-state index is 0.640. The summed E-state index contributed by atoms with van der Waals surface area (Å²) in [4.78, 5) is 2.41. The Labute approximate surface area is 156 Å². The van der Waals surface area contributed by atoms with Crippen LogP contribution in [-0.4, -0.2) is 61.9 Å². The molecule has 2 aliphatic rings. The molecule has 0 amide bonds. The zero-order chi connectivity index (χ0) is 17.3. The molecule has 0 radical (unpaired) electrons. The van der Waals surface area contributed by atoms with Gasteiger partial charge in [-0.3, -0.25) is 4.90 Å². The summed E-state index contributed by atoms with van der Waals surface area (Å²) in [7, 11) is 2.20. The molecule has 0 spiro atoms. The Morgan fingerprint density at radius 1 is 1.20 bits per heavy atom. The van der Waals surface area contributed by atoms with Crippen LogP contribution in [0.5, 0.6) is 5.75 Å². The highest BCUT2D eigenvalue weighted by molar-refractivity contribution is 7.99. The minimum atomic E-state index is 0.640. The number of rotatable bonds is 8. The fourth-order valence-electron chi connectivity index (χ4n) is 3.53. The highest BCUT2D eigenvalue weighted by atomic mass is 32.2. The third kappa shape index (κ3) is 6.48. The number of thioether (sulfide) groups is 1. The molecule has 0 unspecified atom stereocenters. The van der Waals surface area contributed by atoms with Crippen molar-refractivity contribution in [3.05, 3.63) is 29.8 Å². The third-order valence-electron chi connectivity index (χ3n) is 5.24. The summed E-state index contributed by atoms with van der Waals surface area (Å²) in [6.45, 7) is 4.43. The van der Waals surface area contributed by atoms with Gasteiger partial charge in [-0.2, -0.15) is 11.8 Å². The first-order chi connectivity index (χ1) is 12.3. The summed E-state index contributed by atoms with van der Waals surface area (Å²) < 4.78 is 11.4. The molecule has 1 N–H and O–H groups in total. The predicted octanol–water partition coefficient (Wildman–Crippen LogP) is 3.16. The number of nitrogens with zero attached hydrogens (tertiary/aromatic N) is 1. The van der Waals surface area contributed by atoms with Gasteiger partial charge in [0.15, 0.2) is 0 Å². The Bertz CT molecular complexity index is 502. The molecule has 0 atom stereocenters. The van der Waals surface area contributed by atoms with Crippen molar-refractivity contribution in [2.24, 2.45) is 0 Å². The number of benzene rings is 1. The van der Waals surface area contributed by atoms with Gasteiger partial charge in [-0.1, -0.05) is 12.1 Å². The van der Waals surface area contributed by atoms with Gasteiger partial charge >= 0.3 is 0 Å². The SMILES string of the molecule is CN(CCOc1cccc(CNC2CCSCC2)c1)C1CCOCC1. The van der Waals surface area contributed by atoms with Crippen LogP contribution in [0.3, 0.4) is 0 Å². The van der Waals surface area contributed by atoms with Gasteiger partial charge in [0.1, 0.15) is 12.4 Å². The molecule has 0 bridgehead atoms. The van der Waals surface area contributed by atoms with E-state index in [9.17, 15) is 0 Å². The molecule has 1 aromatic carbocycles. The average molecular weight is 365 g/mol. The maximum Gasteiger partial charge on any atom is 0.119 e. The largest absolute Gasteiger partial charge is 0.492 e. The smallest absolute Gasteiger partial charge is 0.119 e. The van der Waals surface area contributed by atoms with E-state index in [-0.39, 0.29) is 0 Å². The Kier molecular flexibility index (Phi) is 7.92. The second-order valence-corrected chi connectivity index (χ2v) is 8.31. The second-order valence-electron chi connectivity index (χ2n) is 7.09. The summed E-state index contributed by atoms with van der Waals surface area (Å²) in [5, 5.41) is 3.69. The van der Waals surface area contributed by atoms with Crippen LogP contribution in [0.1, 0.15) is 31.2 Å². The normalized spacial score (nSPS) is 20.1. The van der Waals surface area contributed by atoms with Crippen molar-refractivity contribution < 1.29 is 9.47 Å². The van der Waals surface area contributed by atoms with Crippen molar-refractivity contribution in [2.45, 2.75) is 44.3 Å². The van der Waals surface area contributed by atoms with Gasteiger partial charge in [0.2, 0.25) is 0 Å². The van der Waals surface area contributed by atoms with E-state index in [4.69, 9.17) is 9.47 Å². The Morgan fingerprint density at radius 3 is 2.80 bits per heavy atom. The lowest BCUT2D eigenvalue weighted by Crippen LogP contribution is -2.38. The van der Waals surface area contributed by atoms with Gasteiger partial charge < -0.3 is 14.8 Å². The van der Waals surface area contributed by atoms with Crippen LogP contribution < -0.4 is 10.1 Å². The van der Waals surface area contributed by atoms with Crippen LogP contribution in [0, 0.1) is 0 Å². The van der Waals surface area contributed by atoms with Crippen LogP contribution in [0.15, 0.2) is 24.3 Å². The summed E-state index contributed by atoms with van der Waals surface area (Å²) in [6, 6.07) is 9.85. The molecule has 2 heterocycles. The van der Waals surface area contributed by atoms with E-state index in [0.717, 1.165) is 51.5 Å². The number of hydrogen-bond donors (Lipinski definition) is 1. The molecule has 25 heavy (non-hydrogen) atoms. The molecule has 3 rings (SSSR count). The zero-order valence-electron chi connectivity index (χ0n) is 15.4. The van der Waals surface area contributed by atoms with Crippen LogP contribution in [-0.2, 0) is 11.3 Å². The molecule has 0 aliphatic carbocycles. The fraction of sp³-hybridized carbons (Fsp3) is 0.700. The van der Waals surface area contributed by atoms with Gasteiger partial charge in [0.25, 0.3) is 0 Å². The summed E-state index contributed by atoms with van der Waals surface area (Å²) in [6.07, 6.45) is 4.85. The lowest BCUT2D eigenvalue weighted by molar-refractivity contribution is 0.0392. The first kappa shape index (κ1) is 19.0. The van der Waals surface area contributed by atoms with Gasteiger partial charge in [-0.05, 0) is 61.9 Å². The lowest BCUT2D eigenvalue weighted by Gasteiger charge is -2.31. The number of likely N-dealkylation sites (N-methyl/N-ethyl adjacent to an activating group) is 1. The molecular formula is C20H32N2O2S. The van der Waals surface area contributed by atoms with Crippen LogP contribution in [0.2, 0.25) is 0 Å². The second kappa shape index (κ2) is 10.4. The predicted molar refractivity (Wildman–Crippen MR) is 106 cm³/mol. The van der Waals surface area contributed by atoms with Crippen molar-refractivity contribution in [2.75, 3.05) is 44.9 Å². The minimum Gasteiger partial charge on any atom is -0.492 e. The van der Waals surface area contributed by atoms with Crippen molar-refractivity contribution in [1.29, 1.82) is 0 Å². The molecule has 2 saturated heterocycles. The average Bonchev–Trinajstić information content (AvgIpc) is 2.68. The van der Waals surface area contributed by atoms with E-state index in [2.05, 4.69) is 53.3 Å². The van der Waals surface area contributed by atoms with Crippen molar-refractivity contribution in [3.63, 3.8) is 0 Å². The maximum atomic E-state index is 6.00. The van der Waals surface area contributed by atoms with Crippen molar-refractivity contribution >= 4 is 11.8 Å². The third-order valence-corrected chi connectivity index (χ3v) is 6.29. The molecule has 2 fully saturated rings. The molecule has 1 aromatic rings. The van der Waals surface area contributed by atoms with E-state index < -0.39 is 0 Å². The quantitative estimate of drug-likeness (QED) is 0.766. The standard InChI is InChI=1S/C20H32N2O2S/c1-22(19-5-10-23-11-6-19)9-12-24-20-4-2-3-17(15-20)16-21-18-7-13-25-14-8-18/h2-4,15,18-19,21H,5-14,16H2,1H3. The Balaban J connectivity index is 1.38. The van der Waals surface area contributed by atoms with Gasteiger partial charge in [-0.15, -0.1) is 0 Å². The Hall–Kier alpha value is -0.750. The van der Waals surface area contributed by atoms with Crippen LogP contribution >= 0.6 is 11.8 Å². The van der Waals surface area contributed by atoms with E-state index in [1.54, 1.807) is 0 Å². The summed E-state index contributed by atoms with van der Waals surface area (Å²) >= 11 is 2.07. The molecule has 4 nitrogen and oxygen atoms in total. The van der Waals surface area contributed by atoms with E-state index in [1.807, 2.05) is 0 Å². The number of ether oxygens (including phenoxy) is 2. The summed E-state index contributed by atoms with van der Waals surface area (Å²) in [5.74, 6) is 3.57. The molecule has 2 aliphatic heterocycles. The fourth-order valence-corrected chi connectivity index (χ4v) is 4.63. The summed E-state index contributed by atoms with van der Waals surface area (Å²) in [5.41, 5.74) is 1.31. The topological polar surface area (TPSA) is 33.7 Å².